The van der Waals surface area contributed by atoms with Gasteiger partial charge >= 0.3 is 12.0 Å². The molecule has 1 aromatic carbocycles. The second kappa shape index (κ2) is 7.11. The second-order valence-electron chi connectivity index (χ2n) is 5.71. The van der Waals surface area contributed by atoms with Gasteiger partial charge in [0.1, 0.15) is 0 Å². The van der Waals surface area contributed by atoms with E-state index in [4.69, 9.17) is 5.11 Å². The van der Waals surface area contributed by atoms with Crippen molar-refractivity contribution in [2.24, 2.45) is 5.92 Å². The van der Waals surface area contributed by atoms with Gasteiger partial charge in [0.05, 0.1) is 0 Å². The van der Waals surface area contributed by atoms with Crippen LogP contribution in [0.1, 0.15) is 31.7 Å². The molecule has 0 bridgehead atoms. The smallest absolute Gasteiger partial charge is 0.321 e. The van der Waals surface area contributed by atoms with E-state index in [1.54, 1.807) is 0 Å². The maximum Gasteiger partial charge on any atom is 0.321 e. The van der Waals surface area contributed by atoms with Crippen LogP contribution < -0.4 is 5.32 Å². The number of anilines is 1. The van der Waals surface area contributed by atoms with Gasteiger partial charge in [-0.15, -0.1) is 0 Å². The van der Waals surface area contributed by atoms with Crippen molar-refractivity contribution in [2.75, 3.05) is 18.4 Å². The Morgan fingerprint density at radius 2 is 2.05 bits per heavy atom. The molecule has 0 radical (unpaired) electrons. The maximum atomic E-state index is 12.2. The Kier molecular flexibility index (Phi) is 5.20. The summed E-state index contributed by atoms with van der Waals surface area (Å²) in [7, 11) is 0. The van der Waals surface area contributed by atoms with Crippen LogP contribution in [-0.4, -0.2) is 35.1 Å². The molecule has 2 rings (SSSR count). The average molecular weight is 290 g/mol. The minimum atomic E-state index is -0.799. The van der Waals surface area contributed by atoms with Crippen molar-refractivity contribution < 1.29 is 14.7 Å². The fraction of sp³-hybridized carbons (Fsp3) is 0.500. The number of piperidine rings is 1. The van der Waals surface area contributed by atoms with Gasteiger partial charge in [0, 0.05) is 25.2 Å². The molecule has 2 amide bonds. The number of carboxylic acids is 1. The molecule has 0 saturated carbocycles. The van der Waals surface area contributed by atoms with Crippen molar-refractivity contribution in [1.82, 2.24) is 4.90 Å². The number of amides is 2. The van der Waals surface area contributed by atoms with E-state index in [2.05, 4.69) is 12.2 Å². The molecule has 0 spiro atoms. The number of carbonyl (C=O) groups is 2. The lowest BCUT2D eigenvalue weighted by Crippen LogP contribution is -2.41. The number of aliphatic carboxylic acids is 1. The molecule has 5 heteroatoms. The first kappa shape index (κ1) is 15.4. The third-order valence-electron chi connectivity index (χ3n) is 3.78. The molecular formula is C16H22N2O3. The SMILES string of the molecule is CC1CCCN(C(=O)Nc2ccc(CCC(=O)O)cc2)C1. The third kappa shape index (κ3) is 4.77. The maximum absolute atomic E-state index is 12.2. The van der Waals surface area contributed by atoms with Crippen LogP contribution in [-0.2, 0) is 11.2 Å². The Balaban J connectivity index is 1.87. The molecule has 0 aromatic heterocycles. The third-order valence-corrected chi connectivity index (χ3v) is 3.78. The number of carbonyl (C=O) groups excluding carboxylic acids is 1. The van der Waals surface area contributed by atoms with Gasteiger partial charge in [0.25, 0.3) is 0 Å². The fourth-order valence-corrected chi connectivity index (χ4v) is 2.58. The summed E-state index contributed by atoms with van der Waals surface area (Å²) < 4.78 is 0. The average Bonchev–Trinajstić information content (AvgIpc) is 2.46. The van der Waals surface area contributed by atoms with Crippen LogP contribution in [0.15, 0.2) is 24.3 Å². The first-order valence-electron chi connectivity index (χ1n) is 7.41. The zero-order chi connectivity index (χ0) is 15.2. The van der Waals surface area contributed by atoms with Crippen LogP contribution in [0.3, 0.4) is 0 Å². The minimum Gasteiger partial charge on any atom is -0.481 e. The predicted molar refractivity (Wildman–Crippen MR) is 81.4 cm³/mol. The summed E-state index contributed by atoms with van der Waals surface area (Å²) in [6, 6.07) is 7.31. The Morgan fingerprint density at radius 1 is 1.33 bits per heavy atom. The van der Waals surface area contributed by atoms with Gasteiger partial charge in [-0.25, -0.2) is 4.79 Å². The van der Waals surface area contributed by atoms with Crippen LogP contribution in [0, 0.1) is 5.92 Å². The minimum absolute atomic E-state index is 0.0557. The molecule has 1 aromatic rings. The van der Waals surface area contributed by atoms with Crippen LogP contribution in [0.5, 0.6) is 0 Å². The van der Waals surface area contributed by atoms with Gasteiger partial charge in [0.15, 0.2) is 0 Å². The molecule has 0 aliphatic carbocycles. The van der Waals surface area contributed by atoms with Gasteiger partial charge in [-0.3, -0.25) is 4.79 Å². The summed E-state index contributed by atoms with van der Waals surface area (Å²) in [6.45, 7) is 3.78. The number of aryl methyl sites for hydroxylation is 1. The van der Waals surface area contributed by atoms with E-state index in [0.717, 1.165) is 30.8 Å². The van der Waals surface area contributed by atoms with Crippen LogP contribution in [0.25, 0.3) is 0 Å². The van der Waals surface area contributed by atoms with E-state index in [-0.39, 0.29) is 12.5 Å². The lowest BCUT2D eigenvalue weighted by atomic mass is 10.0. The molecule has 2 N–H and O–H groups in total. The number of carboxylic acid groups (broad SMARTS) is 1. The molecule has 1 unspecified atom stereocenters. The molecule has 1 heterocycles. The first-order chi connectivity index (χ1) is 10.0. The molecule has 1 saturated heterocycles. The van der Waals surface area contributed by atoms with Gasteiger partial charge in [-0.1, -0.05) is 19.1 Å². The summed E-state index contributed by atoms with van der Waals surface area (Å²) in [4.78, 5) is 24.5. The van der Waals surface area contributed by atoms with Crippen molar-refractivity contribution in [3.63, 3.8) is 0 Å². The number of urea groups is 1. The fourth-order valence-electron chi connectivity index (χ4n) is 2.58. The van der Waals surface area contributed by atoms with E-state index < -0.39 is 5.97 Å². The Morgan fingerprint density at radius 3 is 2.67 bits per heavy atom. The van der Waals surface area contributed by atoms with Gasteiger partial charge < -0.3 is 15.3 Å². The summed E-state index contributed by atoms with van der Waals surface area (Å²) in [6.07, 6.45) is 2.87. The van der Waals surface area contributed by atoms with Crippen LogP contribution in [0.2, 0.25) is 0 Å². The van der Waals surface area contributed by atoms with E-state index in [0.29, 0.717) is 12.3 Å². The molecule has 1 fully saturated rings. The number of nitrogens with one attached hydrogen (secondary N) is 1. The van der Waals surface area contributed by atoms with Crippen molar-refractivity contribution in [1.29, 1.82) is 0 Å². The number of hydrogen-bond acceptors (Lipinski definition) is 2. The van der Waals surface area contributed by atoms with E-state index in [1.165, 1.54) is 6.42 Å². The number of rotatable bonds is 4. The van der Waals surface area contributed by atoms with Crippen LogP contribution >= 0.6 is 0 Å². The predicted octanol–water partition coefficient (Wildman–Crippen LogP) is 2.97. The lowest BCUT2D eigenvalue weighted by Gasteiger charge is -2.30. The highest BCUT2D eigenvalue weighted by atomic mass is 16.4. The monoisotopic (exact) mass is 290 g/mol. The number of hydrogen-bond donors (Lipinski definition) is 2. The first-order valence-corrected chi connectivity index (χ1v) is 7.41. The Hall–Kier alpha value is -2.04. The van der Waals surface area contributed by atoms with Crippen molar-refractivity contribution in [3.8, 4) is 0 Å². The molecule has 114 valence electrons. The summed E-state index contributed by atoms with van der Waals surface area (Å²) in [5, 5.41) is 11.5. The Bertz CT molecular complexity index is 499. The Labute approximate surface area is 125 Å². The molecule has 21 heavy (non-hydrogen) atoms. The van der Waals surface area contributed by atoms with Crippen molar-refractivity contribution in [2.45, 2.75) is 32.6 Å². The number of benzene rings is 1. The quantitative estimate of drug-likeness (QED) is 0.895. The highest BCUT2D eigenvalue weighted by Gasteiger charge is 2.20. The zero-order valence-corrected chi connectivity index (χ0v) is 12.3. The van der Waals surface area contributed by atoms with Crippen molar-refractivity contribution in [3.05, 3.63) is 29.8 Å². The normalized spacial score (nSPS) is 18.3. The molecule has 1 aliphatic rings. The van der Waals surface area contributed by atoms with Crippen LogP contribution in [0.4, 0.5) is 10.5 Å². The largest absolute Gasteiger partial charge is 0.481 e. The lowest BCUT2D eigenvalue weighted by molar-refractivity contribution is -0.136. The number of nitrogens with zero attached hydrogens (tertiary/aromatic N) is 1. The molecular weight excluding hydrogens is 268 g/mol. The van der Waals surface area contributed by atoms with E-state index >= 15 is 0 Å². The zero-order valence-electron chi connectivity index (χ0n) is 12.3. The van der Waals surface area contributed by atoms with Gasteiger partial charge in [-0.05, 0) is 42.9 Å². The van der Waals surface area contributed by atoms with Gasteiger partial charge in [-0.2, -0.15) is 0 Å². The number of likely N-dealkylation sites (tertiary alicyclic amines) is 1. The molecule has 5 nitrogen and oxygen atoms in total. The molecule has 1 atom stereocenters. The van der Waals surface area contributed by atoms with E-state index in [9.17, 15) is 9.59 Å². The summed E-state index contributed by atoms with van der Waals surface area (Å²) >= 11 is 0. The van der Waals surface area contributed by atoms with Gasteiger partial charge in [0.2, 0.25) is 0 Å². The topological polar surface area (TPSA) is 69.6 Å². The highest BCUT2D eigenvalue weighted by molar-refractivity contribution is 5.89. The second-order valence-corrected chi connectivity index (χ2v) is 5.71. The summed E-state index contributed by atoms with van der Waals surface area (Å²) in [5.74, 6) is -0.241. The standard InChI is InChI=1S/C16H22N2O3/c1-12-3-2-10-18(11-12)16(21)17-14-7-4-13(5-8-14)6-9-15(19)20/h4-5,7-8,12H,2-3,6,9-11H2,1H3,(H,17,21)(H,19,20). The van der Waals surface area contributed by atoms with Crippen molar-refractivity contribution >= 4 is 17.7 Å². The van der Waals surface area contributed by atoms with E-state index in [1.807, 2.05) is 29.2 Å². The highest BCUT2D eigenvalue weighted by Crippen LogP contribution is 2.17. The molecule has 1 aliphatic heterocycles. The summed E-state index contributed by atoms with van der Waals surface area (Å²) in [5.41, 5.74) is 1.71.